The zero-order valence-corrected chi connectivity index (χ0v) is 9.65. The molecule has 0 aliphatic heterocycles. The second kappa shape index (κ2) is 5.25. The molecule has 86 valence electrons. The van der Waals surface area contributed by atoms with Crippen LogP contribution in [0.4, 0.5) is 11.5 Å². The Bertz CT molecular complexity index is 423. The van der Waals surface area contributed by atoms with Crippen molar-refractivity contribution in [2.75, 3.05) is 11.9 Å². The van der Waals surface area contributed by atoms with Gasteiger partial charge in [-0.2, -0.15) is 0 Å². The van der Waals surface area contributed by atoms with Gasteiger partial charge in [-0.25, -0.2) is 4.98 Å². The van der Waals surface area contributed by atoms with E-state index in [2.05, 4.69) is 10.3 Å². The molecule has 5 heteroatoms. The predicted molar refractivity (Wildman–Crippen MR) is 63.5 cm³/mol. The fourth-order valence-electron chi connectivity index (χ4n) is 1.20. The van der Waals surface area contributed by atoms with Crippen molar-refractivity contribution < 1.29 is 4.92 Å². The maximum atomic E-state index is 10.5. The molecule has 0 saturated heterocycles. The Labute approximate surface area is 94.4 Å². The molecule has 0 aliphatic carbocycles. The number of pyridine rings is 1. The quantitative estimate of drug-likeness (QED) is 0.482. The van der Waals surface area contributed by atoms with Gasteiger partial charge in [-0.15, -0.1) is 0 Å². The zero-order chi connectivity index (χ0) is 12.1. The number of aromatic nitrogens is 1. The molecule has 1 aromatic heterocycles. The molecule has 0 radical (unpaired) electrons. The molecule has 5 nitrogen and oxygen atoms in total. The van der Waals surface area contributed by atoms with Gasteiger partial charge in [-0.1, -0.05) is 11.6 Å². The summed E-state index contributed by atoms with van der Waals surface area (Å²) in [5, 5.41) is 13.6. The fraction of sp³-hybridized carbons (Fsp3) is 0.364. The van der Waals surface area contributed by atoms with Crippen LogP contribution < -0.4 is 5.32 Å². The molecule has 0 spiro atoms. The average molecular weight is 221 g/mol. The number of nitro groups is 1. The summed E-state index contributed by atoms with van der Waals surface area (Å²) in [5.74, 6) is 0.683. The van der Waals surface area contributed by atoms with Gasteiger partial charge in [0, 0.05) is 12.6 Å². The number of hydrogen-bond donors (Lipinski definition) is 1. The van der Waals surface area contributed by atoms with Gasteiger partial charge in [0.25, 0.3) is 5.69 Å². The van der Waals surface area contributed by atoms with Gasteiger partial charge in [0.05, 0.1) is 4.92 Å². The van der Waals surface area contributed by atoms with Crippen molar-refractivity contribution in [1.82, 2.24) is 4.98 Å². The summed E-state index contributed by atoms with van der Waals surface area (Å²) in [6.45, 7) is 6.49. The van der Waals surface area contributed by atoms with Crippen LogP contribution in [0.2, 0.25) is 0 Å². The third-order valence-corrected chi connectivity index (χ3v) is 2.05. The smallest absolute Gasteiger partial charge is 0.287 e. The van der Waals surface area contributed by atoms with Crippen LogP contribution in [0.1, 0.15) is 19.4 Å². The highest BCUT2D eigenvalue weighted by atomic mass is 16.6. The van der Waals surface area contributed by atoms with Crippen LogP contribution in [0.15, 0.2) is 23.9 Å². The molecule has 0 amide bonds. The lowest BCUT2D eigenvalue weighted by Crippen LogP contribution is -2.03. The first-order valence-corrected chi connectivity index (χ1v) is 4.99. The van der Waals surface area contributed by atoms with E-state index in [4.69, 9.17) is 0 Å². The number of allylic oxidation sites excluding steroid dienone is 1. The minimum atomic E-state index is -0.445. The predicted octanol–water partition coefficient (Wildman–Crippen LogP) is 2.68. The Kier molecular flexibility index (Phi) is 3.99. The van der Waals surface area contributed by atoms with Crippen molar-refractivity contribution in [3.63, 3.8) is 0 Å². The summed E-state index contributed by atoms with van der Waals surface area (Å²) in [4.78, 5) is 14.1. The lowest BCUT2D eigenvalue weighted by atomic mass is 10.2. The second-order valence-electron chi connectivity index (χ2n) is 3.78. The Morgan fingerprint density at radius 1 is 1.62 bits per heavy atom. The largest absolute Gasteiger partial charge is 0.366 e. The third-order valence-electron chi connectivity index (χ3n) is 2.05. The summed E-state index contributed by atoms with van der Waals surface area (Å²) in [5.41, 5.74) is 2.01. The van der Waals surface area contributed by atoms with Gasteiger partial charge >= 0.3 is 0 Å². The summed E-state index contributed by atoms with van der Waals surface area (Å²) in [6.07, 6.45) is 3.29. The van der Waals surface area contributed by atoms with Crippen LogP contribution in [-0.4, -0.2) is 16.5 Å². The molecular weight excluding hydrogens is 206 g/mol. The number of aryl methyl sites for hydroxylation is 1. The highest BCUT2D eigenvalue weighted by Crippen LogP contribution is 2.17. The summed E-state index contributed by atoms with van der Waals surface area (Å²) >= 11 is 0. The molecule has 1 heterocycles. The standard InChI is InChI=1S/C11H15N3O2/c1-8(2)4-5-12-11-9(3)6-10(7-13-11)14(15)16/h4,6-7H,5H2,1-3H3,(H,12,13). The Balaban J connectivity index is 2.75. The van der Waals surface area contributed by atoms with Crippen LogP contribution in [0.5, 0.6) is 0 Å². The molecule has 0 atom stereocenters. The van der Waals surface area contributed by atoms with Crippen molar-refractivity contribution in [2.45, 2.75) is 20.8 Å². The number of hydrogen-bond acceptors (Lipinski definition) is 4. The topological polar surface area (TPSA) is 68.1 Å². The maximum absolute atomic E-state index is 10.5. The number of nitrogens with one attached hydrogen (secondary N) is 1. The molecule has 0 aliphatic rings. The van der Waals surface area contributed by atoms with Crippen molar-refractivity contribution in [1.29, 1.82) is 0 Å². The molecule has 16 heavy (non-hydrogen) atoms. The van der Waals surface area contributed by atoms with Crippen LogP contribution in [-0.2, 0) is 0 Å². The third kappa shape index (κ3) is 3.34. The highest BCUT2D eigenvalue weighted by Gasteiger charge is 2.08. The van der Waals surface area contributed by atoms with E-state index < -0.39 is 4.92 Å². The normalized spacial score (nSPS) is 9.69. The Hall–Kier alpha value is -1.91. The first kappa shape index (κ1) is 12.2. The summed E-state index contributed by atoms with van der Waals surface area (Å²) < 4.78 is 0. The maximum Gasteiger partial charge on any atom is 0.287 e. The summed E-state index contributed by atoms with van der Waals surface area (Å²) in [6, 6.07) is 1.51. The lowest BCUT2D eigenvalue weighted by molar-refractivity contribution is -0.385. The minimum absolute atomic E-state index is 0.0188. The fourth-order valence-corrected chi connectivity index (χ4v) is 1.20. The van der Waals surface area contributed by atoms with Gasteiger partial charge in [-0.05, 0) is 26.3 Å². The molecular formula is C11H15N3O2. The first-order valence-electron chi connectivity index (χ1n) is 4.99. The average Bonchev–Trinajstić information content (AvgIpc) is 2.19. The molecule has 1 N–H and O–H groups in total. The zero-order valence-electron chi connectivity index (χ0n) is 9.65. The number of nitrogens with zero attached hydrogens (tertiary/aromatic N) is 2. The van der Waals surface area contributed by atoms with E-state index in [1.807, 2.05) is 19.9 Å². The minimum Gasteiger partial charge on any atom is -0.366 e. The van der Waals surface area contributed by atoms with Crippen LogP contribution in [0.3, 0.4) is 0 Å². The molecule has 0 saturated carbocycles. The van der Waals surface area contributed by atoms with Crippen molar-refractivity contribution in [3.05, 3.63) is 39.6 Å². The second-order valence-corrected chi connectivity index (χ2v) is 3.78. The molecule has 0 fully saturated rings. The van der Waals surface area contributed by atoms with Gasteiger partial charge in [0.15, 0.2) is 0 Å². The van der Waals surface area contributed by atoms with E-state index >= 15 is 0 Å². The van der Waals surface area contributed by atoms with Crippen molar-refractivity contribution in [3.8, 4) is 0 Å². The van der Waals surface area contributed by atoms with Gasteiger partial charge < -0.3 is 5.32 Å². The number of anilines is 1. The van der Waals surface area contributed by atoms with E-state index in [9.17, 15) is 10.1 Å². The first-order chi connectivity index (χ1) is 7.50. The highest BCUT2D eigenvalue weighted by molar-refractivity contribution is 5.48. The summed E-state index contributed by atoms with van der Waals surface area (Å²) in [7, 11) is 0. The monoisotopic (exact) mass is 221 g/mol. The van der Waals surface area contributed by atoms with E-state index in [1.54, 1.807) is 6.92 Å². The molecule has 1 rings (SSSR count). The Morgan fingerprint density at radius 2 is 2.31 bits per heavy atom. The van der Waals surface area contributed by atoms with E-state index in [-0.39, 0.29) is 5.69 Å². The van der Waals surface area contributed by atoms with Crippen LogP contribution in [0.25, 0.3) is 0 Å². The van der Waals surface area contributed by atoms with E-state index in [0.29, 0.717) is 12.4 Å². The molecule has 1 aromatic rings. The van der Waals surface area contributed by atoms with Crippen LogP contribution >= 0.6 is 0 Å². The lowest BCUT2D eigenvalue weighted by Gasteiger charge is -2.05. The van der Waals surface area contributed by atoms with Crippen molar-refractivity contribution in [2.24, 2.45) is 0 Å². The molecule has 0 unspecified atom stereocenters. The van der Waals surface area contributed by atoms with Gasteiger partial charge in [0.1, 0.15) is 12.0 Å². The number of rotatable bonds is 4. The Morgan fingerprint density at radius 3 is 2.81 bits per heavy atom. The van der Waals surface area contributed by atoms with Gasteiger partial charge in [0.2, 0.25) is 0 Å². The molecule has 0 aromatic carbocycles. The van der Waals surface area contributed by atoms with Gasteiger partial charge in [-0.3, -0.25) is 10.1 Å². The van der Waals surface area contributed by atoms with Crippen molar-refractivity contribution >= 4 is 11.5 Å². The van der Waals surface area contributed by atoms with E-state index in [1.165, 1.54) is 17.8 Å². The SMILES string of the molecule is CC(C)=CCNc1ncc([N+](=O)[O-])cc1C. The van der Waals surface area contributed by atoms with E-state index in [0.717, 1.165) is 5.56 Å². The molecule has 0 bridgehead atoms. The van der Waals surface area contributed by atoms with Crippen LogP contribution in [0, 0.1) is 17.0 Å².